The van der Waals surface area contributed by atoms with Gasteiger partial charge in [0.25, 0.3) is 0 Å². The Morgan fingerprint density at radius 1 is 1.13 bits per heavy atom. The maximum Gasteiger partial charge on any atom is 0.191 e. The minimum atomic E-state index is -3.10. The fraction of sp³-hybridized carbons (Fsp3) is 0.682. The normalized spacial score (nSPS) is 16.1. The second-order valence-corrected chi connectivity index (χ2v) is 10.2. The van der Waals surface area contributed by atoms with E-state index in [1.807, 2.05) is 37.3 Å². The zero-order chi connectivity index (χ0) is 21.0. The number of nitrogens with zero attached hydrogens (tertiary/aromatic N) is 2. The summed E-state index contributed by atoms with van der Waals surface area (Å²) in [5, 5.41) is 6.61. The lowest BCUT2D eigenvalue weighted by Gasteiger charge is -2.30. The SMILES string of the molecule is CCNC(=NCCCS(=O)(=O)Cc1ccccc1)NCCCN1CCC(C)CC1.I. The fourth-order valence-electron chi connectivity index (χ4n) is 3.51. The van der Waals surface area contributed by atoms with Crippen molar-refractivity contribution in [2.24, 2.45) is 10.9 Å². The monoisotopic (exact) mass is 550 g/mol. The molecule has 0 aromatic heterocycles. The van der Waals surface area contributed by atoms with Crippen LogP contribution in [0.4, 0.5) is 0 Å². The van der Waals surface area contributed by atoms with E-state index in [0.29, 0.717) is 13.0 Å². The Morgan fingerprint density at radius 2 is 1.83 bits per heavy atom. The van der Waals surface area contributed by atoms with Crippen LogP contribution in [0.25, 0.3) is 0 Å². The number of likely N-dealkylation sites (tertiary alicyclic amines) is 1. The molecule has 1 aliphatic rings. The van der Waals surface area contributed by atoms with Crippen LogP contribution in [0.15, 0.2) is 35.3 Å². The van der Waals surface area contributed by atoms with E-state index >= 15 is 0 Å². The van der Waals surface area contributed by atoms with Gasteiger partial charge in [0.1, 0.15) is 0 Å². The van der Waals surface area contributed by atoms with Crippen molar-refractivity contribution in [1.29, 1.82) is 0 Å². The van der Waals surface area contributed by atoms with E-state index in [9.17, 15) is 8.42 Å². The quantitative estimate of drug-likeness (QED) is 0.192. The van der Waals surface area contributed by atoms with E-state index < -0.39 is 9.84 Å². The lowest BCUT2D eigenvalue weighted by atomic mass is 9.99. The Morgan fingerprint density at radius 3 is 2.50 bits per heavy atom. The first-order chi connectivity index (χ1) is 14.0. The van der Waals surface area contributed by atoms with Crippen molar-refractivity contribution in [3.05, 3.63) is 35.9 Å². The molecule has 172 valence electrons. The van der Waals surface area contributed by atoms with Crippen molar-refractivity contribution in [1.82, 2.24) is 15.5 Å². The second-order valence-electron chi connectivity index (χ2n) is 8.00. The summed E-state index contributed by atoms with van der Waals surface area (Å²) in [4.78, 5) is 7.08. The van der Waals surface area contributed by atoms with Crippen molar-refractivity contribution in [3.8, 4) is 0 Å². The van der Waals surface area contributed by atoms with Crippen molar-refractivity contribution in [2.45, 2.75) is 45.3 Å². The average molecular weight is 551 g/mol. The summed E-state index contributed by atoms with van der Waals surface area (Å²) in [6.45, 7) is 10.1. The standard InChI is InChI=1S/C22H38N4O2S.HI/c1-3-23-22(24-13-7-15-26-16-11-20(2)12-17-26)25-14-8-18-29(27,28)19-21-9-5-4-6-10-21;/h4-6,9-10,20H,3,7-8,11-19H2,1-2H3,(H2,23,24,25);1H. The van der Waals surface area contributed by atoms with Gasteiger partial charge in [-0.05, 0) is 63.7 Å². The number of guanidine groups is 1. The molecule has 30 heavy (non-hydrogen) atoms. The highest BCUT2D eigenvalue weighted by Gasteiger charge is 2.15. The molecule has 1 aromatic carbocycles. The molecule has 1 aliphatic heterocycles. The van der Waals surface area contributed by atoms with E-state index in [1.165, 1.54) is 25.9 Å². The van der Waals surface area contributed by atoms with Gasteiger partial charge in [0.15, 0.2) is 15.8 Å². The molecule has 0 unspecified atom stereocenters. The van der Waals surface area contributed by atoms with Crippen LogP contribution in [-0.4, -0.2) is 64.3 Å². The molecule has 8 heteroatoms. The Bertz CT molecular complexity index is 705. The first-order valence-electron chi connectivity index (χ1n) is 11.0. The van der Waals surface area contributed by atoms with Crippen molar-refractivity contribution >= 4 is 39.8 Å². The van der Waals surface area contributed by atoms with Crippen molar-refractivity contribution < 1.29 is 8.42 Å². The number of aliphatic imine (C=N–C) groups is 1. The van der Waals surface area contributed by atoms with Gasteiger partial charge in [-0.1, -0.05) is 37.3 Å². The van der Waals surface area contributed by atoms with Crippen LogP contribution in [0.5, 0.6) is 0 Å². The van der Waals surface area contributed by atoms with E-state index in [0.717, 1.165) is 43.5 Å². The first-order valence-corrected chi connectivity index (χ1v) is 12.8. The Labute approximate surface area is 200 Å². The summed E-state index contributed by atoms with van der Waals surface area (Å²) in [5.74, 6) is 1.91. The summed E-state index contributed by atoms with van der Waals surface area (Å²) in [6.07, 6.45) is 4.25. The van der Waals surface area contributed by atoms with E-state index in [4.69, 9.17) is 0 Å². The lowest BCUT2D eigenvalue weighted by Crippen LogP contribution is -2.40. The molecule has 2 rings (SSSR count). The number of sulfone groups is 1. The van der Waals surface area contributed by atoms with Gasteiger partial charge in [-0.2, -0.15) is 0 Å². The predicted molar refractivity (Wildman–Crippen MR) is 137 cm³/mol. The molecule has 0 spiro atoms. The van der Waals surface area contributed by atoms with Gasteiger partial charge in [0, 0.05) is 19.6 Å². The zero-order valence-electron chi connectivity index (χ0n) is 18.5. The van der Waals surface area contributed by atoms with Gasteiger partial charge in [-0.25, -0.2) is 8.42 Å². The average Bonchev–Trinajstić information content (AvgIpc) is 2.70. The van der Waals surface area contributed by atoms with Gasteiger partial charge in [-0.15, -0.1) is 24.0 Å². The highest BCUT2D eigenvalue weighted by Crippen LogP contribution is 2.15. The molecule has 0 bridgehead atoms. The van der Waals surface area contributed by atoms with E-state index in [1.54, 1.807) is 0 Å². The fourth-order valence-corrected chi connectivity index (χ4v) is 4.93. The second kappa shape index (κ2) is 15.0. The summed E-state index contributed by atoms with van der Waals surface area (Å²) < 4.78 is 24.5. The Kier molecular flexibility index (Phi) is 13.6. The third-order valence-electron chi connectivity index (χ3n) is 5.28. The molecule has 0 radical (unpaired) electrons. The van der Waals surface area contributed by atoms with Gasteiger partial charge in [-0.3, -0.25) is 4.99 Å². The number of hydrogen-bond donors (Lipinski definition) is 2. The highest BCUT2D eigenvalue weighted by molar-refractivity contribution is 14.0. The third-order valence-corrected chi connectivity index (χ3v) is 6.96. The molecule has 1 heterocycles. The highest BCUT2D eigenvalue weighted by atomic mass is 127. The molecular formula is C22H39IN4O2S. The topological polar surface area (TPSA) is 73.8 Å². The van der Waals surface area contributed by atoms with Crippen LogP contribution in [0, 0.1) is 5.92 Å². The van der Waals surface area contributed by atoms with E-state index in [2.05, 4.69) is 27.4 Å². The van der Waals surface area contributed by atoms with Gasteiger partial charge >= 0.3 is 0 Å². The maximum absolute atomic E-state index is 12.3. The summed E-state index contributed by atoms with van der Waals surface area (Å²) in [6, 6.07) is 9.35. The van der Waals surface area contributed by atoms with Crippen LogP contribution in [-0.2, 0) is 15.6 Å². The zero-order valence-corrected chi connectivity index (χ0v) is 21.6. The molecule has 0 atom stereocenters. The van der Waals surface area contributed by atoms with Crippen LogP contribution >= 0.6 is 24.0 Å². The van der Waals surface area contributed by atoms with Crippen molar-refractivity contribution in [2.75, 3.05) is 45.0 Å². The molecule has 1 aromatic rings. The van der Waals surface area contributed by atoms with Crippen LogP contribution in [0.1, 0.15) is 45.1 Å². The van der Waals surface area contributed by atoms with Crippen LogP contribution in [0.3, 0.4) is 0 Å². The molecule has 0 amide bonds. The minimum Gasteiger partial charge on any atom is -0.357 e. The molecule has 0 saturated carbocycles. The number of halogens is 1. The summed E-state index contributed by atoms with van der Waals surface area (Å²) in [7, 11) is -3.10. The molecule has 1 saturated heterocycles. The predicted octanol–water partition coefficient (Wildman–Crippen LogP) is 3.29. The van der Waals surface area contributed by atoms with Gasteiger partial charge in [0.2, 0.25) is 0 Å². The van der Waals surface area contributed by atoms with Gasteiger partial charge in [0.05, 0.1) is 11.5 Å². The lowest BCUT2D eigenvalue weighted by molar-refractivity contribution is 0.191. The van der Waals surface area contributed by atoms with E-state index in [-0.39, 0.29) is 35.5 Å². The van der Waals surface area contributed by atoms with Crippen molar-refractivity contribution in [3.63, 3.8) is 0 Å². The molecular weight excluding hydrogens is 511 g/mol. The first kappa shape index (κ1) is 27.2. The van der Waals surface area contributed by atoms with Gasteiger partial charge < -0.3 is 15.5 Å². The largest absolute Gasteiger partial charge is 0.357 e. The molecule has 2 N–H and O–H groups in total. The number of rotatable bonds is 11. The third kappa shape index (κ3) is 11.5. The minimum absolute atomic E-state index is 0. The number of piperidine rings is 1. The van der Waals surface area contributed by atoms with Crippen LogP contribution in [0.2, 0.25) is 0 Å². The molecule has 0 aliphatic carbocycles. The number of benzene rings is 1. The Balaban J connectivity index is 0.00000450. The smallest absolute Gasteiger partial charge is 0.191 e. The number of hydrogen-bond acceptors (Lipinski definition) is 4. The summed E-state index contributed by atoms with van der Waals surface area (Å²) in [5.41, 5.74) is 0.842. The molecule has 6 nitrogen and oxygen atoms in total. The Hall–Kier alpha value is -0.870. The number of nitrogens with one attached hydrogen (secondary N) is 2. The summed E-state index contributed by atoms with van der Waals surface area (Å²) >= 11 is 0. The molecule has 1 fully saturated rings. The maximum atomic E-state index is 12.3. The van der Waals surface area contributed by atoms with Crippen LogP contribution < -0.4 is 10.6 Å².